The highest BCUT2D eigenvalue weighted by molar-refractivity contribution is 6.31. The molecule has 132 valence electrons. The predicted octanol–water partition coefficient (Wildman–Crippen LogP) is 4.23. The third-order valence-corrected chi connectivity index (χ3v) is 4.42. The lowest BCUT2D eigenvalue weighted by Crippen LogP contribution is -2.24. The standard InChI is InChI=1S/C19H14ClFN2O3/c1-11-15(19(24)25-2)16(17-13(20)6-5-7-14(17)21)12(10-22)18(26-11)23-8-3-4-9-23/h3-9,16H,1-2H3. The topological polar surface area (TPSA) is 64.2 Å². The number of hydrogen-bond acceptors (Lipinski definition) is 4. The molecule has 1 unspecified atom stereocenters. The van der Waals surface area contributed by atoms with Gasteiger partial charge in [-0.25, -0.2) is 9.18 Å². The molecule has 0 amide bonds. The average Bonchev–Trinajstić information content (AvgIpc) is 3.15. The fourth-order valence-electron chi connectivity index (χ4n) is 2.95. The molecule has 1 atom stereocenters. The quantitative estimate of drug-likeness (QED) is 0.756. The zero-order valence-electron chi connectivity index (χ0n) is 14.0. The van der Waals surface area contributed by atoms with Crippen LogP contribution in [-0.2, 0) is 14.3 Å². The van der Waals surface area contributed by atoms with Gasteiger partial charge >= 0.3 is 5.97 Å². The summed E-state index contributed by atoms with van der Waals surface area (Å²) in [6.07, 6.45) is 3.37. The molecule has 26 heavy (non-hydrogen) atoms. The van der Waals surface area contributed by atoms with Crippen molar-refractivity contribution >= 4 is 23.5 Å². The van der Waals surface area contributed by atoms with Crippen LogP contribution < -0.4 is 0 Å². The molecule has 0 fully saturated rings. The summed E-state index contributed by atoms with van der Waals surface area (Å²) >= 11 is 6.22. The lowest BCUT2D eigenvalue weighted by molar-refractivity contribution is -0.136. The molecule has 0 saturated heterocycles. The molecule has 5 nitrogen and oxygen atoms in total. The van der Waals surface area contributed by atoms with Crippen LogP contribution in [-0.4, -0.2) is 17.6 Å². The average molecular weight is 373 g/mol. The van der Waals surface area contributed by atoms with E-state index in [4.69, 9.17) is 21.1 Å². The molecule has 3 rings (SSSR count). The highest BCUT2D eigenvalue weighted by Gasteiger charge is 2.39. The van der Waals surface area contributed by atoms with Crippen molar-refractivity contribution in [3.8, 4) is 6.07 Å². The van der Waals surface area contributed by atoms with E-state index in [1.54, 1.807) is 36.0 Å². The number of carbonyl (C=O) groups is 1. The number of benzene rings is 1. The molecule has 0 saturated carbocycles. The van der Waals surface area contributed by atoms with Crippen LogP contribution >= 0.6 is 11.6 Å². The zero-order chi connectivity index (χ0) is 18.8. The fourth-order valence-corrected chi connectivity index (χ4v) is 3.22. The van der Waals surface area contributed by atoms with E-state index in [0.29, 0.717) is 0 Å². The van der Waals surface area contributed by atoms with Gasteiger partial charge in [0.1, 0.15) is 23.2 Å². The second-order valence-corrected chi connectivity index (χ2v) is 5.96. The number of aromatic nitrogens is 1. The predicted molar refractivity (Wildman–Crippen MR) is 93.2 cm³/mol. The van der Waals surface area contributed by atoms with Gasteiger partial charge in [0.2, 0.25) is 5.88 Å². The highest BCUT2D eigenvalue weighted by Crippen LogP contribution is 2.45. The Bertz CT molecular complexity index is 951. The maximum Gasteiger partial charge on any atom is 0.338 e. The Morgan fingerprint density at radius 1 is 1.35 bits per heavy atom. The molecule has 0 N–H and O–H groups in total. The number of ether oxygens (including phenoxy) is 2. The molecular formula is C19H14ClFN2O3. The van der Waals surface area contributed by atoms with Gasteiger partial charge in [-0.2, -0.15) is 5.26 Å². The van der Waals surface area contributed by atoms with Crippen molar-refractivity contribution < 1.29 is 18.7 Å². The molecule has 1 aromatic carbocycles. The summed E-state index contributed by atoms with van der Waals surface area (Å²) in [4.78, 5) is 12.4. The van der Waals surface area contributed by atoms with Crippen molar-refractivity contribution in [1.29, 1.82) is 5.26 Å². The van der Waals surface area contributed by atoms with Gasteiger partial charge in [-0.15, -0.1) is 0 Å². The second kappa shape index (κ2) is 7.06. The summed E-state index contributed by atoms with van der Waals surface area (Å²) < 4.78 is 26.8. The number of rotatable bonds is 3. The van der Waals surface area contributed by atoms with Gasteiger partial charge in [0, 0.05) is 23.0 Å². The zero-order valence-corrected chi connectivity index (χ0v) is 14.7. The lowest BCUT2D eigenvalue weighted by atomic mass is 9.82. The highest BCUT2D eigenvalue weighted by atomic mass is 35.5. The largest absolute Gasteiger partial charge is 0.466 e. The van der Waals surface area contributed by atoms with Crippen LogP contribution in [0.15, 0.2) is 59.6 Å². The normalized spacial score (nSPS) is 17.0. The Morgan fingerprint density at radius 3 is 2.62 bits per heavy atom. The smallest absolute Gasteiger partial charge is 0.338 e. The summed E-state index contributed by atoms with van der Waals surface area (Å²) in [5, 5.41) is 9.89. The van der Waals surface area contributed by atoms with E-state index in [-0.39, 0.29) is 33.4 Å². The first-order chi connectivity index (χ1) is 12.5. The Morgan fingerprint density at radius 2 is 2.04 bits per heavy atom. The Hall–Kier alpha value is -3.04. The fraction of sp³-hybridized carbons (Fsp3) is 0.158. The van der Waals surface area contributed by atoms with Crippen LogP contribution in [0.3, 0.4) is 0 Å². The summed E-state index contributed by atoms with van der Waals surface area (Å²) in [6, 6.07) is 9.74. The van der Waals surface area contributed by atoms with Crippen molar-refractivity contribution in [2.45, 2.75) is 12.8 Å². The maximum atomic E-state index is 14.6. The van der Waals surface area contributed by atoms with E-state index in [2.05, 4.69) is 0 Å². The molecular weight excluding hydrogens is 359 g/mol. The van der Waals surface area contributed by atoms with E-state index in [9.17, 15) is 14.4 Å². The second-order valence-electron chi connectivity index (χ2n) is 5.55. The molecule has 1 aliphatic rings. The van der Waals surface area contributed by atoms with Crippen LogP contribution in [0.2, 0.25) is 5.02 Å². The molecule has 7 heteroatoms. The number of allylic oxidation sites excluding steroid dienone is 2. The number of hydrogen-bond donors (Lipinski definition) is 0. The monoisotopic (exact) mass is 372 g/mol. The van der Waals surface area contributed by atoms with E-state index >= 15 is 0 Å². The Labute approximate surface area is 154 Å². The number of carbonyl (C=O) groups excluding carboxylic acids is 1. The van der Waals surface area contributed by atoms with Gasteiger partial charge in [-0.05, 0) is 31.2 Å². The number of nitriles is 1. The number of esters is 1. The van der Waals surface area contributed by atoms with Gasteiger partial charge in [0.25, 0.3) is 0 Å². The van der Waals surface area contributed by atoms with Gasteiger partial charge in [0.15, 0.2) is 0 Å². The SMILES string of the molecule is COC(=O)C1=C(C)OC(n2cccc2)=C(C#N)C1c1c(F)cccc1Cl. The minimum atomic E-state index is -1.05. The maximum absolute atomic E-state index is 14.6. The van der Waals surface area contributed by atoms with Crippen molar-refractivity contribution in [3.63, 3.8) is 0 Å². The first-order valence-corrected chi connectivity index (χ1v) is 8.05. The lowest BCUT2D eigenvalue weighted by Gasteiger charge is -2.29. The molecule has 0 spiro atoms. The van der Waals surface area contributed by atoms with Gasteiger partial charge in [-0.1, -0.05) is 17.7 Å². The summed E-state index contributed by atoms with van der Waals surface area (Å²) in [7, 11) is 1.21. The molecule has 2 aromatic rings. The van der Waals surface area contributed by atoms with Crippen LogP contribution in [0.5, 0.6) is 0 Å². The molecule has 1 aromatic heterocycles. The van der Waals surface area contributed by atoms with E-state index in [0.717, 1.165) is 0 Å². The third kappa shape index (κ3) is 2.87. The van der Waals surface area contributed by atoms with Gasteiger partial charge in [-0.3, -0.25) is 4.57 Å². The minimum absolute atomic E-state index is 0.0263. The first-order valence-electron chi connectivity index (χ1n) is 7.68. The molecule has 0 bridgehead atoms. The summed E-state index contributed by atoms with van der Waals surface area (Å²) in [5.41, 5.74) is 0.115. The Balaban J connectivity index is 2.33. The van der Waals surface area contributed by atoms with Crippen LogP contribution in [0.25, 0.3) is 5.88 Å². The van der Waals surface area contributed by atoms with E-state index in [1.165, 1.54) is 25.3 Å². The van der Waals surface area contributed by atoms with Gasteiger partial charge < -0.3 is 9.47 Å². The van der Waals surface area contributed by atoms with E-state index < -0.39 is 17.7 Å². The molecule has 0 radical (unpaired) electrons. The van der Waals surface area contributed by atoms with E-state index in [1.807, 2.05) is 6.07 Å². The summed E-state index contributed by atoms with van der Waals surface area (Å²) in [5.74, 6) is -1.99. The summed E-state index contributed by atoms with van der Waals surface area (Å²) in [6.45, 7) is 1.56. The number of nitrogens with zero attached hydrogens (tertiary/aromatic N) is 2. The molecule has 0 aliphatic carbocycles. The minimum Gasteiger partial charge on any atom is -0.466 e. The van der Waals surface area contributed by atoms with Crippen LogP contribution in [0.1, 0.15) is 18.4 Å². The van der Waals surface area contributed by atoms with Gasteiger partial charge in [0.05, 0.1) is 18.6 Å². The van der Waals surface area contributed by atoms with Crippen LogP contribution in [0.4, 0.5) is 4.39 Å². The van der Waals surface area contributed by atoms with Crippen molar-refractivity contribution in [2.75, 3.05) is 7.11 Å². The first kappa shape index (κ1) is 17.8. The van der Waals surface area contributed by atoms with Crippen molar-refractivity contribution in [1.82, 2.24) is 4.57 Å². The molecule has 1 aliphatic heterocycles. The van der Waals surface area contributed by atoms with Crippen LogP contribution in [0, 0.1) is 17.1 Å². The third-order valence-electron chi connectivity index (χ3n) is 4.09. The number of methoxy groups -OCH3 is 1. The molecule has 2 heterocycles. The Kier molecular flexibility index (Phi) is 4.83. The van der Waals surface area contributed by atoms with Crippen molar-refractivity contribution in [2.24, 2.45) is 0 Å². The number of halogens is 2. The van der Waals surface area contributed by atoms with Crippen molar-refractivity contribution in [3.05, 3.63) is 76.0 Å².